The standard InChI is InChI=1S/C7H14O2/c1-5(2)7-3-6(7)4-9-8/h5-8H,3-4H2,1-2H3/t6-,7+/m1/s1. The van der Waals surface area contributed by atoms with Crippen molar-refractivity contribution in [2.45, 2.75) is 20.3 Å². The van der Waals surface area contributed by atoms with Gasteiger partial charge in [0.1, 0.15) is 0 Å². The second kappa shape index (κ2) is 2.67. The Labute approximate surface area is 55.8 Å². The van der Waals surface area contributed by atoms with Gasteiger partial charge in [-0.3, -0.25) is 5.26 Å². The first kappa shape index (κ1) is 7.03. The SMILES string of the molecule is CC(C)[C@@H]1C[C@@H]1COO. The summed E-state index contributed by atoms with van der Waals surface area (Å²) in [6.45, 7) is 4.95. The predicted molar refractivity (Wildman–Crippen MR) is 35.0 cm³/mol. The van der Waals surface area contributed by atoms with Gasteiger partial charge in [-0.25, -0.2) is 4.89 Å². The van der Waals surface area contributed by atoms with E-state index in [-0.39, 0.29) is 0 Å². The minimum absolute atomic E-state index is 0.531. The third kappa shape index (κ3) is 1.66. The molecule has 1 N–H and O–H groups in total. The molecule has 0 aromatic rings. The van der Waals surface area contributed by atoms with Gasteiger partial charge in [0.15, 0.2) is 0 Å². The summed E-state index contributed by atoms with van der Waals surface area (Å²) in [7, 11) is 0. The molecule has 1 rings (SSSR count). The summed E-state index contributed by atoms with van der Waals surface area (Å²) >= 11 is 0. The molecule has 0 aromatic carbocycles. The quantitative estimate of drug-likeness (QED) is 0.466. The van der Waals surface area contributed by atoms with Crippen molar-refractivity contribution < 1.29 is 10.1 Å². The molecule has 0 saturated heterocycles. The van der Waals surface area contributed by atoms with Gasteiger partial charge in [0.2, 0.25) is 0 Å². The molecule has 1 saturated carbocycles. The van der Waals surface area contributed by atoms with Crippen molar-refractivity contribution in [3.63, 3.8) is 0 Å². The number of hydrogen-bond donors (Lipinski definition) is 1. The predicted octanol–water partition coefficient (Wildman–Crippen LogP) is 1.77. The van der Waals surface area contributed by atoms with Crippen molar-refractivity contribution in [1.82, 2.24) is 0 Å². The third-order valence-electron chi connectivity index (χ3n) is 2.12. The fourth-order valence-electron chi connectivity index (χ4n) is 1.37. The summed E-state index contributed by atoms with van der Waals surface area (Å²) in [4.78, 5) is 4.05. The van der Waals surface area contributed by atoms with Gasteiger partial charge in [0.05, 0.1) is 6.61 Å². The van der Waals surface area contributed by atoms with Gasteiger partial charge in [-0.05, 0) is 24.2 Å². The van der Waals surface area contributed by atoms with Crippen molar-refractivity contribution in [3.8, 4) is 0 Å². The second-order valence-electron chi connectivity index (χ2n) is 3.20. The summed E-state index contributed by atoms with van der Waals surface area (Å²) < 4.78 is 0. The number of hydrogen-bond acceptors (Lipinski definition) is 2. The lowest BCUT2D eigenvalue weighted by Gasteiger charge is -1.99. The zero-order valence-electron chi connectivity index (χ0n) is 6.00. The van der Waals surface area contributed by atoms with Crippen LogP contribution in [0.4, 0.5) is 0 Å². The topological polar surface area (TPSA) is 29.5 Å². The van der Waals surface area contributed by atoms with Gasteiger partial charge in [-0.2, -0.15) is 0 Å². The molecular weight excluding hydrogens is 116 g/mol. The van der Waals surface area contributed by atoms with Gasteiger partial charge in [-0.1, -0.05) is 13.8 Å². The highest BCUT2D eigenvalue weighted by Crippen LogP contribution is 2.43. The molecule has 2 atom stereocenters. The van der Waals surface area contributed by atoms with E-state index in [2.05, 4.69) is 18.7 Å². The average Bonchev–Trinajstić information content (AvgIpc) is 2.47. The highest BCUT2D eigenvalue weighted by Gasteiger charge is 2.39. The van der Waals surface area contributed by atoms with Crippen molar-refractivity contribution in [2.24, 2.45) is 17.8 Å². The molecule has 1 aliphatic rings. The van der Waals surface area contributed by atoms with Crippen LogP contribution < -0.4 is 0 Å². The number of rotatable bonds is 3. The molecule has 2 heteroatoms. The van der Waals surface area contributed by atoms with Crippen LogP contribution >= 0.6 is 0 Å². The Balaban J connectivity index is 2.09. The first-order chi connectivity index (χ1) is 4.25. The van der Waals surface area contributed by atoms with E-state index in [4.69, 9.17) is 5.26 Å². The summed E-state index contributed by atoms with van der Waals surface area (Å²) in [6, 6.07) is 0. The molecule has 2 nitrogen and oxygen atoms in total. The zero-order valence-corrected chi connectivity index (χ0v) is 6.00. The Hall–Kier alpha value is -0.0800. The Bertz CT molecular complexity index is 90.9. The van der Waals surface area contributed by atoms with Crippen LogP contribution in [0.5, 0.6) is 0 Å². The molecule has 0 aliphatic heterocycles. The fourth-order valence-corrected chi connectivity index (χ4v) is 1.37. The molecule has 0 heterocycles. The van der Waals surface area contributed by atoms with E-state index in [9.17, 15) is 0 Å². The van der Waals surface area contributed by atoms with E-state index in [1.165, 1.54) is 6.42 Å². The summed E-state index contributed by atoms with van der Waals surface area (Å²) in [5, 5.41) is 8.08. The third-order valence-corrected chi connectivity index (χ3v) is 2.12. The van der Waals surface area contributed by atoms with E-state index in [0.29, 0.717) is 12.5 Å². The summed E-state index contributed by atoms with van der Waals surface area (Å²) in [6.07, 6.45) is 1.23. The smallest absolute Gasteiger partial charge is 0.0850 e. The highest BCUT2D eigenvalue weighted by atomic mass is 17.1. The van der Waals surface area contributed by atoms with Crippen molar-refractivity contribution in [2.75, 3.05) is 6.61 Å². The molecular formula is C7H14O2. The Morgan fingerprint density at radius 1 is 1.67 bits per heavy atom. The molecule has 0 unspecified atom stereocenters. The fraction of sp³-hybridized carbons (Fsp3) is 1.00. The minimum Gasteiger partial charge on any atom is -0.252 e. The van der Waals surface area contributed by atoms with Crippen molar-refractivity contribution in [3.05, 3.63) is 0 Å². The molecule has 0 aromatic heterocycles. The summed E-state index contributed by atoms with van der Waals surface area (Å²) in [5.74, 6) is 2.19. The van der Waals surface area contributed by atoms with E-state index >= 15 is 0 Å². The minimum atomic E-state index is 0.531. The molecule has 0 spiro atoms. The maximum atomic E-state index is 8.08. The Kier molecular flexibility index (Phi) is 2.09. The maximum Gasteiger partial charge on any atom is 0.0850 e. The highest BCUT2D eigenvalue weighted by molar-refractivity contribution is 4.87. The molecule has 1 fully saturated rings. The van der Waals surface area contributed by atoms with Gasteiger partial charge in [-0.15, -0.1) is 0 Å². The van der Waals surface area contributed by atoms with E-state index in [1.54, 1.807) is 0 Å². The van der Waals surface area contributed by atoms with Gasteiger partial charge >= 0.3 is 0 Å². The lowest BCUT2D eigenvalue weighted by atomic mass is 10.1. The van der Waals surface area contributed by atoms with Crippen LogP contribution in [0.1, 0.15) is 20.3 Å². The van der Waals surface area contributed by atoms with Crippen LogP contribution in [0.2, 0.25) is 0 Å². The molecule has 1 aliphatic carbocycles. The average molecular weight is 130 g/mol. The van der Waals surface area contributed by atoms with Gasteiger partial charge in [0.25, 0.3) is 0 Å². The van der Waals surface area contributed by atoms with E-state index < -0.39 is 0 Å². The zero-order chi connectivity index (χ0) is 6.85. The van der Waals surface area contributed by atoms with Crippen LogP contribution in [0, 0.1) is 17.8 Å². The van der Waals surface area contributed by atoms with Crippen LogP contribution in [-0.2, 0) is 4.89 Å². The van der Waals surface area contributed by atoms with Crippen molar-refractivity contribution >= 4 is 0 Å². The molecule has 0 amide bonds. The molecule has 54 valence electrons. The molecule has 9 heavy (non-hydrogen) atoms. The van der Waals surface area contributed by atoms with Crippen LogP contribution in [0.25, 0.3) is 0 Å². The largest absolute Gasteiger partial charge is 0.252 e. The first-order valence-electron chi connectivity index (χ1n) is 3.52. The lowest BCUT2D eigenvalue weighted by molar-refractivity contribution is -0.246. The molecule has 0 bridgehead atoms. The monoisotopic (exact) mass is 130 g/mol. The Morgan fingerprint density at radius 3 is 2.67 bits per heavy atom. The summed E-state index contributed by atoms with van der Waals surface area (Å²) in [5.41, 5.74) is 0. The van der Waals surface area contributed by atoms with Crippen molar-refractivity contribution in [1.29, 1.82) is 0 Å². The first-order valence-corrected chi connectivity index (χ1v) is 3.52. The van der Waals surface area contributed by atoms with E-state index in [1.807, 2.05) is 0 Å². The Morgan fingerprint density at radius 2 is 2.33 bits per heavy atom. The second-order valence-corrected chi connectivity index (χ2v) is 3.20. The maximum absolute atomic E-state index is 8.08. The molecule has 0 radical (unpaired) electrons. The van der Waals surface area contributed by atoms with Crippen LogP contribution in [0.15, 0.2) is 0 Å². The van der Waals surface area contributed by atoms with Crippen LogP contribution in [-0.4, -0.2) is 11.9 Å². The van der Waals surface area contributed by atoms with Gasteiger partial charge in [0, 0.05) is 0 Å². The van der Waals surface area contributed by atoms with Gasteiger partial charge < -0.3 is 0 Å². The van der Waals surface area contributed by atoms with E-state index in [0.717, 1.165) is 11.8 Å². The normalized spacial score (nSPS) is 33.3. The lowest BCUT2D eigenvalue weighted by Crippen LogP contribution is -1.98. The van der Waals surface area contributed by atoms with Crippen LogP contribution in [0.3, 0.4) is 0 Å².